The molecule has 1 saturated heterocycles. The average Bonchev–Trinajstić information content (AvgIpc) is 3.25. The van der Waals surface area contributed by atoms with Crippen LogP contribution in [0.2, 0.25) is 0 Å². The van der Waals surface area contributed by atoms with Gasteiger partial charge in [-0.05, 0) is 31.2 Å². The van der Waals surface area contributed by atoms with Crippen molar-refractivity contribution in [3.8, 4) is 11.3 Å². The number of benzene rings is 2. The SMILES string of the molecule is Cc1nc(-c2ccc(C(=O)N3CCN(c4nc5ccccc5c(=O)[nH]4)CC3)cc2)cs1. The van der Waals surface area contributed by atoms with Gasteiger partial charge >= 0.3 is 0 Å². The minimum Gasteiger partial charge on any atom is -0.339 e. The summed E-state index contributed by atoms with van der Waals surface area (Å²) in [6, 6.07) is 14.9. The van der Waals surface area contributed by atoms with Crippen molar-refractivity contribution < 1.29 is 4.79 Å². The summed E-state index contributed by atoms with van der Waals surface area (Å²) in [7, 11) is 0. The van der Waals surface area contributed by atoms with Gasteiger partial charge in [0.05, 0.1) is 21.6 Å². The van der Waals surface area contributed by atoms with Crippen molar-refractivity contribution in [2.45, 2.75) is 6.92 Å². The Bertz CT molecular complexity index is 1300. The number of nitrogens with zero attached hydrogens (tertiary/aromatic N) is 4. The largest absolute Gasteiger partial charge is 0.339 e. The van der Waals surface area contributed by atoms with Crippen LogP contribution in [-0.4, -0.2) is 51.9 Å². The molecule has 5 rings (SSSR count). The normalized spacial score (nSPS) is 14.2. The first kappa shape index (κ1) is 19.4. The average molecular weight is 432 g/mol. The van der Waals surface area contributed by atoms with Crippen molar-refractivity contribution in [2.75, 3.05) is 31.1 Å². The number of rotatable bonds is 3. The Balaban J connectivity index is 1.27. The van der Waals surface area contributed by atoms with Crippen molar-refractivity contribution in [3.05, 3.63) is 74.8 Å². The Kier molecular flexibility index (Phi) is 4.99. The molecule has 2 aromatic heterocycles. The van der Waals surface area contributed by atoms with Crippen LogP contribution in [-0.2, 0) is 0 Å². The fourth-order valence-corrected chi connectivity index (χ4v) is 4.43. The number of carbonyl (C=O) groups excluding carboxylic acids is 1. The Hall–Kier alpha value is -3.52. The highest BCUT2D eigenvalue weighted by molar-refractivity contribution is 7.09. The van der Waals surface area contributed by atoms with E-state index in [9.17, 15) is 9.59 Å². The Morgan fingerprint density at radius 2 is 1.74 bits per heavy atom. The molecule has 8 heteroatoms. The predicted molar refractivity (Wildman–Crippen MR) is 123 cm³/mol. The number of hydrogen-bond donors (Lipinski definition) is 1. The second kappa shape index (κ2) is 7.96. The Morgan fingerprint density at radius 3 is 2.45 bits per heavy atom. The number of carbonyl (C=O) groups is 1. The number of anilines is 1. The first-order chi connectivity index (χ1) is 15.1. The van der Waals surface area contributed by atoms with Gasteiger partial charge in [-0.3, -0.25) is 14.6 Å². The van der Waals surface area contributed by atoms with Gasteiger partial charge in [0.15, 0.2) is 0 Å². The summed E-state index contributed by atoms with van der Waals surface area (Å²) in [6.45, 7) is 4.35. The molecule has 3 heterocycles. The van der Waals surface area contributed by atoms with Crippen molar-refractivity contribution in [1.29, 1.82) is 0 Å². The fourth-order valence-electron chi connectivity index (χ4n) is 3.81. The summed E-state index contributed by atoms with van der Waals surface area (Å²) in [5.74, 6) is 0.569. The smallest absolute Gasteiger partial charge is 0.260 e. The number of para-hydroxylation sites is 1. The van der Waals surface area contributed by atoms with Crippen LogP contribution in [0.1, 0.15) is 15.4 Å². The molecule has 156 valence electrons. The highest BCUT2D eigenvalue weighted by atomic mass is 32.1. The van der Waals surface area contributed by atoms with E-state index in [0.29, 0.717) is 48.6 Å². The highest BCUT2D eigenvalue weighted by Crippen LogP contribution is 2.22. The molecule has 0 atom stereocenters. The van der Waals surface area contributed by atoms with E-state index in [0.717, 1.165) is 16.3 Å². The molecule has 1 aliphatic rings. The molecule has 0 unspecified atom stereocenters. The number of aromatic amines is 1. The molecule has 0 aliphatic carbocycles. The predicted octanol–water partition coefficient (Wildman–Crippen LogP) is 3.32. The summed E-state index contributed by atoms with van der Waals surface area (Å²) < 4.78 is 0. The van der Waals surface area contributed by atoms with Crippen LogP contribution in [0.15, 0.2) is 58.7 Å². The van der Waals surface area contributed by atoms with Crippen LogP contribution in [0, 0.1) is 6.92 Å². The lowest BCUT2D eigenvalue weighted by atomic mass is 10.1. The standard InChI is InChI=1S/C23H21N5O2S/c1-15-24-20(14-31-15)16-6-8-17(9-7-16)22(30)27-10-12-28(13-11-27)23-25-19-5-3-2-4-18(19)21(29)26-23/h2-9,14H,10-13H2,1H3,(H,25,26,29). The molecular formula is C23H21N5O2S. The van der Waals surface area contributed by atoms with Gasteiger partial charge < -0.3 is 9.80 Å². The number of amides is 1. The molecular weight excluding hydrogens is 410 g/mol. The summed E-state index contributed by atoms with van der Waals surface area (Å²) in [4.78, 5) is 41.1. The molecule has 0 bridgehead atoms. The zero-order valence-electron chi connectivity index (χ0n) is 17.0. The summed E-state index contributed by atoms with van der Waals surface area (Å²) in [6.07, 6.45) is 0. The lowest BCUT2D eigenvalue weighted by molar-refractivity contribution is 0.0746. The third-order valence-corrected chi connectivity index (χ3v) is 6.29. The van der Waals surface area contributed by atoms with Crippen molar-refractivity contribution in [3.63, 3.8) is 0 Å². The minimum atomic E-state index is -0.144. The van der Waals surface area contributed by atoms with Gasteiger partial charge in [-0.25, -0.2) is 9.97 Å². The van der Waals surface area contributed by atoms with Crippen LogP contribution < -0.4 is 10.5 Å². The molecule has 0 radical (unpaired) electrons. The number of fused-ring (bicyclic) bond motifs is 1. The van der Waals surface area contributed by atoms with Gasteiger partial charge in [-0.15, -0.1) is 11.3 Å². The van der Waals surface area contributed by atoms with Crippen LogP contribution in [0.25, 0.3) is 22.2 Å². The van der Waals surface area contributed by atoms with E-state index < -0.39 is 0 Å². The monoisotopic (exact) mass is 431 g/mol. The zero-order chi connectivity index (χ0) is 21.4. The first-order valence-electron chi connectivity index (χ1n) is 10.1. The van der Waals surface area contributed by atoms with Crippen molar-refractivity contribution >= 4 is 34.1 Å². The van der Waals surface area contributed by atoms with Gasteiger partial charge in [0.2, 0.25) is 5.95 Å². The Labute approximate surface area is 183 Å². The van der Waals surface area contributed by atoms with Crippen LogP contribution in [0.4, 0.5) is 5.95 Å². The Morgan fingerprint density at radius 1 is 1.00 bits per heavy atom. The minimum absolute atomic E-state index is 0.0145. The van der Waals surface area contributed by atoms with Gasteiger partial charge in [-0.1, -0.05) is 24.3 Å². The second-order valence-corrected chi connectivity index (χ2v) is 8.58. The second-order valence-electron chi connectivity index (χ2n) is 7.52. The molecule has 7 nitrogen and oxygen atoms in total. The van der Waals surface area contributed by atoms with E-state index in [1.165, 1.54) is 0 Å². The van der Waals surface area contributed by atoms with Crippen LogP contribution >= 0.6 is 11.3 Å². The van der Waals surface area contributed by atoms with E-state index in [4.69, 9.17) is 0 Å². The maximum atomic E-state index is 12.9. The maximum absolute atomic E-state index is 12.9. The molecule has 1 amide bonds. The molecule has 1 fully saturated rings. The summed E-state index contributed by atoms with van der Waals surface area (Å²) >= 11 is 1.61. The zero-order valence-corrected chi connectivity index (χ0v) is 17.9. The number of aryl methyl sites for hydroxylation is 1. The quantitative estimate of drug-likeness (QED) is 0.538. The molecule has 4 aromatic rings. The summed E-state index contributed by atoms with van der Waals surface area (Å²) in [5.41, 5.74) is 3.15. The van der Waals surface area contributed by atoms with E-state index in [1.807, 2.05) is 64.6 Å². The molecule has 31 heavy (non-hydrogen) atoms. The topological polar surface area (TPSA) is 82.2 Å². The number of piperazine rings is 1. The number of hydrogen-bond acceptors (Lipinski definition) is 6. The molecule has 0 saturated carbocycles. The van der Waals surface area contributed by atoms with E-state index in [-0.39, 0.29) is 11.5 Å². The molecule has 1 aliphatic heterocycles. The lowest BCUT2D eigenvalue weighted by Gasteiger charge is -2.35. The van der Waals surface area contributed by atoms with Gasteiger partial charge in [0.25, 0.3) is 11.5 Å². The van der Waals surface area contributed by atoms with Gasteiger partial charge in [-0.2, -0.15) is 0 Å². The third kappa shape index (κ3) is 3.82. The van der Waals surface area contributed by atoms with E-state index in [2.05, 4.69) is 15.0 Å². The van der Waals surface area contributed by atoms with Crippen molar-refractivity contribution in [1.82, 2.24) is 19.9 Å². The summed E-state index contributed by atoms with van der Waals surface area (Å²) in [5, 5.41) is 3.63. The fraction of sp³-hybridized carbons (Fsp3) is 0.217. The first-order valence-corrected chi connectivity index (χ1v) is 11.0. The van der Waals surface area contributed by atoms with Crippen LogP contribution in [0.3, 0.4) is 0 Å². The third-order valence-electron chi connectivity index (χ3n) is 5.51. The van der Waals surface area contributed by atoms with E-state index in [1.54, 1.807) is 17.4 Å². The van der Waals surface area contributed by atoms with Gasteiger partial charge in [0, 0.05) is 42.7 Å². The molecule has 1 N–H and O–H groups in total. The number of H-pyrrole nitrogens is 1. The molecule has 2 aromatic carbocycles. The number of aromatic nitrogens is 3. The highest BCUT2D eigenvalue weighted by Gasteiger charge is 2.23. The molecule has 0 spiro atoms. The van der Waals surface area contributed by atoms with Gasteiger partial charge in [0.1, 0.15) is 0 Å². The lowest BCUT2D eigenvalue weighted by Crippen LogP contribution is -2.49. The van der Waals surface area contributed by atoms with E-state index >= 15 is 0 Å². The van der Waals surface area contributed by atoms with Crippen LogP contribution in [0.5, 0.6) is 0 Å². The van der Waals surface area contributed by atoms with Crippen molar-refractivity contribution in [2.24, 2.45) is 0 Å². The number of thiazole rings is 1. The maximum Gasteiger partial charge on any atom is 0.260 e. The number of nitrogens with one attached hydrogen (secondary N) is 1.